The van der Waals surface area contributed by atoms with Crippen molar-refractivity contribution in [2.75, 3.05) is 7.11 Å². The van der Waals surface area contributed by atoms with Crippen LogP contribution in [0.15, 0.2) is 24.3 Å². The summed E-state index contributed by atoms with van der Waals surface area (Å²) in [6, 6.07) is 4.21. The maximum atomic E-state index is 12.3. The number of aliphatic hydroxyl groups is 4. The van der Waals surface area contributed by atoms with E-state index in [-0.39, 0.29) is 11.5 Å². The minimum atomic E-state index is -2.65. The van der Waals surface area contributed by atoms with Crippen LogP contribution in [-0.2, 0) is 9.59 Å². The average molecular weight is 368 g/mol. The van der Waals surface area contributed by atoms with Crippen LogP contribution in [0.25, 0.3) is 6.08 Å². The standard InChI is InChI=1S/C17H20O9/c1-26-11-6-9(2-4-10(11)18)3-5-12(19)17(25)13(20)7-16(24,15(22)23)8-14(17)21/h2-6,13-14,18,20-21,24-25H,7-8H2,1H3,(H,22,23)/b5-3+/t13-,14-,16?,17?/m1/s1. The fourth-order valence-corrected chi connectivity index (χ4v) is 2.86. The fourth-order valence-electron chi connectivity index (χ4n) is 2.86. The fraction of sp³-hybridized carbons (Fsp3) is 0.412. The lowest BCUT2D eigenvalue weighted by atomic mass is 9.70. The monoisotopic (exact) mass is 368 g/mol. The summed E-state index contributed by atoms with van der Waals surface area (Å²) in [5.41, 5.74) is -4.67. The van der Waals surface area contributed by atoms with Crippen molar-refractivity contribution < 1.29 is 45.0 Å². The van der Waals surface area contributed by atoms with Crippen molar-refractivity contribution in [3.8, 4) is 11.5 Å². The number of rotatable bonds is 5. The van der Waals surface area contributed by atoms with E-state index < -0.39 is 48.0 Å². The van der Waals surface area contributed by atoms with Gasteiger partial charge in [-0.05, 0) is 23.8 Å². The molecule has 6 N–H and O–H groups in total. The Labute approximate surface area is 148 Å². The van der Waals surface area contributed by atoms with Crippen LogP contribution >= 0.6 is 0 Å². The number of methoxy groups -OCH3 is 1. The van der Waals surface area contributed by atoms with E-state index in [1.807, 2.05) is 0 Å². The molecule has 0 bridgehead atoms. The van der Waals surface area contributed by atoms with E-state index in [2.05, 4.69) is 0 Å². The highest BCUT2D eigenvalue weighted by Gasteiger charge is 2.59. The molecule has 0 aliphatic heterocycles. The molecule has 9 nitrogen and oxygen atoms in total. The lowest BCUT2D eigenvalue weighted by molar-refractivity contribution is -0.215. The lowest BCUT2D eigenvalue weighted by Crippen LogP contribution is -2.66. The number of carboxylic acid groups (broad SMARTS) is 1. The summed E-state index contributed by atoms with van der Waals surface area (Å²) in [6.07, 6.45) is -3.44. The van der Waals surface area contributed by atoms with Crippen LogP contribution in [-0.4, -0.2) is 72.9 Å². The molecule has 1 fully saturated rings. The molecule has 2 atom stereocenters. The van der Waals surface area contributed by atoms with Gasteiger partial charge in [0.15, 0.2) is 28.5 Å². The van der Waals surface area contributed by atoms with Gasteiger partial charge in [-0.2, -0.15) is 0 Å². The van der Waals surface area contributed by atoms with Crippen LogP contribution in [0, 0.1) is 0 Å². The molecule has 0 unspecified atom stereocenters. The number of carbonyl (C=O) groups excluding carboxylic acids is 1. The summed E-state index contributed by atoms with van der Waals surface area (Å²) in [7, 11) is 1.34. The molecule has 0 spiro atoms. The number of aromatic hydroxyl groups is 1. The highest BCUT2D eigenvalue weighted by atomic mass is 16.5. The number of hydrogen-bond donors (Lipinski definition) is 6. The van der Waals surface area contributed by atoms with Crippen molar-refractivity contribution in [1.82, 2.24) is 0 Å². The van der Waals surface area contributed by atoms with E-state index in [9.17, 15) is 35.1 Å². The van der Waals surface area contributed by atoms with Crippen LogP contribution in [0.4, 0.5) is 0 Å². The van der Waals surface area contributed by atoms with Crippen molar-refractivity contribution in [2.45, 2.75) is 36.3 Å². The molecule has 1 aromatic carbocycles. The maximum Gasteiger partial charge on any atom is 0.335 e. The summed E-state index contributed by atoms with van der Waals surface area (Å²) < 4.78 is 4.93. The average Bonchev–Trinajstić information content (AvgIpc) is 2.58. The number of carbonyl (C=O) groups is 2. The molecule has 1 saturated carbocycles. The Morgan fingerprint density at radius 3 is 2.27 bits per heavy atom. The second-order valence-electron chi connectivity index (χ2n) is 6.23. The third-order valence-corrected chi connectivity index (χ3v) is 4.50. The number of phenols is 1. The molecule has 9 heteroatoms. The van der Waals surface area contributed by atoms with Gasteiger partial charge in [0, 0.05) is 12.8 Å². The first kappa shape index (κ1) is 19.9. The van der Waals surface area contributed by atoms with Gasteiger partial charge in [0.25, 0.3) is 0 Å². The Hall–Kier alpha value is -2.46. The Kier molecular flexibility index (Phi) is 5.38. The molecule has 26 heavy (non-hydrogen) atoms. The molecule has 0 amide bonds. The predicted octanol–water partition coefficient (Wildman–Crippen LogP) is -0.955. The van der Waals surface area contributed by atoms with Gasteiger partial charge in [-0.3, -0.25) is 4.79 Å². The highest BCUT2D eigenvalue weighted by molar-refractivity contribution is 6.01. The molecule has 0 heterocycles. The number of ketones is 1. The minimum Gasteiger partial charge on any atom is -0.504 e. The van der Waals surface area contributed by atoms with Gasteiger partial charge in [-0.25, -0.2) is 4.79 Å². The Morgan fingerprint density at radius 1 is 1.19 bits per heavy atom. The van der Waals surface area contributed by atoms with Crippen molar-refractivity contribution in [1.29, 1.82) is 0 Å². The largest absolute Gasteiger partial charge is 0.504 e. The second kappa shape index (κ2) is 7.04. The van der Waals surface area contributed by atoms with Crippen molar-refractivity contribution >= 4 is 17.8 Å². The van der Waals surface area contributed by atoms with Crippen molar-refractivity contribution in [3.63, 3.8) is 0 Å². The smallest absolute Gasteiger partial charge is 0.335 e. The molecule has 0 saturated heterocycles. The Balaban J connectivity index is 2.24. The maximum absolute atomic E-state index is 12.3. The molecule has 1 aromatic rings. The van der Waals surface area contributed by atoms with Gasteiger partial charge in [-0.1, -0.05) is 12.1 Å². The van der Waals surface area contributed by atoms with Crippen molar-refractivity contribution in [3.05, 3.63) is 29.8 Å². The zero-order valence-corrected chi connectivity index (χ0v) is 13.9. The third kappa shape index (κ3) is 3.42. The summed E-state index contributed by atoms with van der Waals surface area (Å²) in [5, 5.41) is 58.9. The SMILES string of the molecule is COc1cc(/C=C/C(=O)C2(O)[C@H](O)CC(O)(C(=O)O)C[C@H]2O)ccc1O. The molecule has 142 valence electrons. The molecule has 1 aliphatic rings. The molecule has 2 rings (SSSR count). The number of hydrogen-bond acceptors (Lipinski definition) is 8. The van der Waals surface area contributed by atoms with E-state index in [4.69, 9.17) is 9.84 Å². The van der Waals surface area contributed by atoms with Gasteiger partial charge < -0.3 is 35.4 Å². The molecular weight excluding hydrogens is 348 g/mol. The highest BCUT2D eigenvalue weighted by Crippen LogP contribution is 2.37. The number of ether oxygens (including phenoxy) is 1. The van der Waals surface area contributed by atoms with E-state index in [0.717, 1.165) is 6.08 Å². The normalized spacial score (nSPS) is 31.7. The van der Waals surface area contributed by atoms with Crippen LogP contribution in [0.5, 0.6) is 11.5 Å². The number of aliphatic carboxylic acids is 1. The molecule has 0 radical (unpaired) electrons. The first-order valence-corrected chi connectivity index (χ1v) is 7.68. The van der Waals surface area contributed by atoms with E-state index in [0.29, 0.717) is 5.56 Å². The Bertz CT molecular complexity index is 728. The van der Waals surface area contributed by atoms with E-state index >= 15 is 0 Å². The second-order valence-corrected chi connectivity index (χ2v) is 6.23. The summed E-state index contributed by atoms with van der Waals surface area (Å²) in [4.78, 5) is 23.4. The molecule has 0 aromatic heterocycles. The third-order valence-electron chi connectivity index (χ3n) is 4.50. The topological polar surface area (TPSA) is 165 Å². The van der Waals surface area contributed by atoms with Gasteiger partial charge in [0.1, 0.15) is 0 Å². The van der Waals surface area contributed by atoms with Gasteiger partial charge in [0.2, 0.25) is 0 Å². The number of carboxylic acids is 1. The summed E-state index contributed by atoms with van der Waals surface area (Å²) in [5.74, 6) is -2.68. The van der Waals surface area contributed by atoms with Crippen LogP contribution in [0.3, 0.4) is 0 Å². The van der Waals surface area contributed by atoms with Crippen molar-refractivity contribution in [2.24, 2.45) is 0 Å². The zero-order valence-electron chi connectivity index (χ0n) is 13.9. The lowest BCUT2D eigenvalue weighted by Gasteiger charge is -2.44. The van der Waals surface area contributed by atoms with Gasteiger partial charge in [-0.15, -0.1) is 0 Å². The van der Waals surface area contributed by atoms with E-state index in [1.54, 1.807) is 0 Å². The van der Waals surface area contributed by atoms with Gasteiger partial charge >= 0.3 is 5.97 Å². The van der Waals surface area contributed by atoms with Crippen LogP contribution in [0.1, 0.15) is 18.4 Å². The molecular formula is C17H20O9. The zero-order chi connectivity index (χ0) is 19.7. The predicted molar refractivity (Wildman–Crippen MR) is 87.5 cm³/mol. The van der Waals surface area contributed by atoms with E-state index in [1.165, 1.54) is 31.4 Å². The van der Waals surface area contributed by atoms with Crippen LogP contribution < -0.4 is 4.74 Å². The minimum absolute atomic E-state index is 0.110. The number of benzene rings is 1. The first-order chi connectivity index (χ1) is 12.0. The van der Waals surface area contributed by atoms with Gasteiger partial charge in [0.05, 0.1) is 19.3 Å². The summed E-state index contributed by atoms with van der Waals surface area (Å²) in [6.45, 7) is 0. The molecule has 1 aliphatic carbocycles. The summed E-state index contributed by atoms with van der Waals surface area (Å²) >= 11 is 0. The quantitative estimate of drug-likeness (QED) is 0.359. The number of phenolic OH excluding ortho intramolecular Hbond substituents is 1. The first-order valence-electron chi connectivity index (χ1n) is 7.68. The van der Waals surface area contributed by atoms with Crippen LogP contribution in [0.2, 0.25) is 0 Å². The number of aliphatic hydroxyl groups excluding tert-OH is 2. The Morgan fingerprint density at radius 2 is 1.77 bits per heavy atom.